The van der Waals surface area contributed by atoms with Crippen LogP contribution >= 0.6 is 45.9 Å². The second kappa shape index (κ2) is 7.37. The number of fused-ring (bicyclic) bond motifs is 1. The van der Waals surface area contributed by atoms with Gasteiger partial charge in [-0.2, -0.15) is 0 Å². The minimum absolute atomic E-state index is 0.00153. The number of thiophene rings is 2. The summed E-state index contributed by atoms with van der Waals surface area (Å²) in [6.07, 6.45) is 0.452. The van der Waals surface area contributed by atoms with E-state index in [0.29, 0.717) is 27.9 Å². The van der Waals surface area contributed by atoms with Gasteiger partial charge in [-0.3, -0.25) is 4.79 Å². The first-order chi connectivity index (χ1) is 12.8. The van der Waals surface area contributed by atoms with Crippen LogP contribution in [-0.2, 0) is 16.4 Å². The summed E-state index contributed by atoms with van der Waals surface area (Å²) in [6, 6.07) is 8.85. The van der Waals surface area contributed by atoms with E-state index in [-0.39, 0.29) is 23.5 Å². The fraction of sp³-hybridized carbons (Fsp3) is 0.278. The Labute approximate surface area is 175 Å². The largest absolute Gasteiger partial charge is 0.329 e. The van der Waals surface area contributed by atoms with E-state index in [1.54, 1.807) is 34.4 Å². The Morgan fingerprint density at radius 2 is 2.07 bits per heavy atom. The molecule has 4 rings (SSSR count). The molecule has 9 heteroatoms. The normalized spacial score (nSPS) is 18.8. The number of hydrogen-bond acceptors (Lipinski definition) is 5. The fourth-order valence-corrected chi connectivity index (χ4v) is 7.44. The highest BCUT2D eigenvalue weighted by atomic mass is 35.5. The maximum Gasteiger partial charge on any atom is 0.266 e. The van der Waals surface area contributed by atoms with E-state index in [9.17, 15) is 13.2 Å². The van der Waals surface area contributed by atoms with E-state index in [1.165, 1.54) is 11.3 Å². The average molecular weight is 460 g/mol. The lowest BCUT2D eigenvalue weighted by atomic mass is 10.2. The van der Waals surface area contributed by atoms with Crippen LogP contribution in [0.1, 0.15) is 21.0 Å². The highest BCUT2D eigenvalue weighted by Gasteiger charge is 2.36. The zero-order valence-electron chi connectivity index (χ0n) is 14.0. The van der Waals surface area contributed by atoms with Gasteiger partial charge in [0.05, 0.1) is 23.1 Å². The van der Waals surface area contributed by atoms with E-state index in [2.05, 4.69) is 0 Å². The van der Waals surface area contributed by atoms with Gasteiger partial charge in [0.15, 0.2) is 9.84 Å². The molecule has 4 nitrogen and oxygen atoms in total. The predicted molar refractivity (Wildman–Crippen MR) is 113 cm³/mol. The molecule has 0 N–H and O–H groups in total. The molecule has 1 amide bonds. The number of nitrogens with zero attached hydrogens (tertiary/aromatic N) is 1. The van der Waals surface area contributed by atoms with E-state index < -0.39 is 9.84 Å². The Balaban J connectivity index is 1.73. The number of rotatable bonds is 4. The Morgan fingerprint density at radius 3 is 2.74 bits per heavy atom. The molecule has 1 aliphatic heterocycles. The molecule has 1 atom stereocenters. The molecule has 1 unspecified atom stereocenters. The second-order valence-electron chi connectivity index (χ2n) is 6.45. The molecule has 1 fully saturated rings. The summed E-state index contributed by atoms with van der Waals surface area (Å²) in [4.78, 5) is 16.5. The Hall–Kier alpha value is -1.12. The molecule has 0 aliphatic carbocycles. The minimum atomic E-state index is -3.11. The lowest BCUT2D eigenvalue weighted by Gasteiger charge is -2.27. The van der Waals surface area contributed by atoms with E-state index >= 15 is 0 Å². The van der Waals surface area contributed by atoms with Gasteiger partial charge in [-0.25, -0.2) is 8.42 Å². The van der Waals surface area contributed by atoms with Crippen molar-refractivity contribution in [3.63, 3.8) is 0 Å². The quantitative estimate of drug-likeness (QED) is 0.545. The number of halogens is 2. The van der Waals surface area contributed by atoms with Crippen molar-refractivity contribution in [1.82, 2.24) is 4.90 Å². The molecule has 1 saturated heterocycles. The van der Waals surface area contributed by atoms with Crippen LogP contribution in [0.15, 0.2) is 35.7 Å². The smallest absolute Gasteiger partial charge is 0.266 e. The maximum atomic E-state index is 13.4. The first kappa shape index (κ1) is 19.2. The molecule has 0 bridgehead atoms. The lowest BCUT2D eigenvalue weighted by Crippen LogP contribution is -2.40. The third-order valence-electron chi connectivity index (χ3n) is 4.60. The van der Waals surface area contributed by atoms with Gasteiger partial charge in [0.1, 0.15) is 4.88 Å². The van der Waals surface area contributed by atoms with Crippen molar-refractivity contribution in [2.24, 2.45) is 0 Å². The monoisotopic (exact) mass is 459 g/mol. The van der Waals surface area contributed by atoms with E-state index in [4.69, 9.17) is 23.2 Å². The maximum absolute atomic E-state index is 13.4. The van der Waals surface area contributed by atoms with Crippen LogP contribution in [0.3, 0.4) is 0 Å². The van der Waals surface area contributed by atoms with Crippen molar-refractivity contribution in [3.8, 4) is 0 Å². The van der Waals surface area contributed by atoms with Crippen LogP contribution in [0.2, 0.25) is 10.0 Å². The number of benzene rings is 1. The van der Waals surface area contributed by atoms with Crippen molar-refractivity contribution >= 4 is 71.7 Å². The van der Waals surface area contributed by atoms with Crippen molar-refractivity contribution in [3.05, 3.63) is 55.5 Å². The SMILES string of the molecule is O=C(c1sc2cc(Cl)ccc2c1Cl)N(Cc1cccs1)C1CCS(=O)(=O)C1. The van der Waals surface area contributed by atoms with Crippen LogP contribution in [0.25, 0.3) is 10.1 Å². The van der Waals surface area contributed by atoms with Crippen molar-refractivity contribution < 1.29 is 13.2 Å². The number of hydrogen-bond donors (Lipinski definition) is 0. The van der Waals surface area contributed by atoms with Crippen molar-refractivity contribution in [1.29, 1.82) is 0 Å². The molecule has 2 aromatic heterocycles. The highest BCUT2D eigenvalue weighted by molar-refractivity contribution is 7.91. The van der Waals surface area contributed by atoms with Crippen LogP contribution in [0.5, 0.6) is 0 Å². The number of amides is 1. The third kappa shape index (κ3) is 3.89. The van der Waals surface area contributed by atoms with Crippen molar-refractivity contribution in [2.45, 2.75) is 19.0 Å². The molecule has 142 valence electrons. The van der Waals surface area contributed by atoms with Gasteiger partial charge < -0.3 is 4.90 Å². The number of sulfone groups is 1. The van der Waals surface area contributed by atoms with Gasteiger partial charge >= 0.3 is 0 Å². The summed E-state index contributed by atoms with van der Waals surface area (Å²) in [5, 5.41) is 3.70. The van der Waals surface area contributed by atoms with Gasteiger partial charge in [-0.05, 0) is 30.0 Å². The standard InChI is InChI=1S/C18H15Cl2NO3S3/c19-11-3-4-14-15(8-11)26-17(16(14)20)18(22)21(9-13-2-1-6-25-13)12-5-7-27(23,24)10-12/h1-4,6,8,12H,5,7,9-10H2. The Kier molecular flexibility index (Phi) is 5.24. The first-order valence-corrected chi connectivity index (χ1v) is 12.5. The molecule has 3 heterocycles. The van der Waals surface area contributed by atoms with Gasteiger partial charge in [0.25, 0.3) is 5.91 Å². The van der Waals surface area contributed by atoms with Crippen LogP contribution in [0, 0.1) is 0 Å². The molecular formula is C18H15Cl2NO3S3. The van der Waals surface area contributed by atoms with Crippen molar-refractivity contribution in [2.75, 3.05) is 11.5 Å². The fourth-order valence-electron chi connectivity index (χ4n) is 3.27. The van der Waals surface area contributed by atoms with Gasteiger partial charge in [-0.1, -0.05) is 35.3 Å². The number of carbonyl (C=O) groups is 1. The Bertz CT molecular complexity index is 1110. The van der Waals surface area contributed by atoms with Crippen LogP contribution in [0.4, 0.5) is 0 Å². The molecule has 0 spiro atoms. The molecule has 27 heavy (non-hydrogen) atoms. The van der Waals surface area contributed by atoms with Gasteiger partial charge in [0, 0.05) is 26.0 Å². The van der Waals surface area contributed by atoms with E-state index in [0.717, 1.165) is 15.0 Å². The molecule has 0 saturated carbocycles. The second-order valence-corrected chi connectivity index (χ2v) is 11.6. The summed E-state index contributed by atoms with van der Waals surface area (Å²) in [6.45, 7) is 0.377. The zero-order valence-corrected chi connectivity index (χ0v) is 18.0. The zero-order chi connectivity index (χ0) is 19.2. The summed E-state index contributed by atoms with van der Waals surface area (Å²) < 4.78 is 24.8. The molecular weight excluding hydrogens is 445 g/mol. The van der Waals surface area contributed by atoms with Crippen LogP contribution < -0.4 is 0 Å². The van der Waals surface area contributed by atoms with Gasteiger partial charge in [0.2, 0.25) is 0 Å². The van der Waals surface area contributed by atoms with E-state index in [1.807, 2.05) is 17.5 Å². The molecule has 1 aliphatic rings. The summed E-state index contributed by atoms with van der Waals surface area (Å²) in [5.41, 5.74) is 0. The molecule has 1 aromatic carbocycles. The lowest BCUT2D eigenvalue weighted by molar-refractivity contribution is 0.0688. The van der Waals surface area contributed by atoms with Gasteiger partial charge in [-0.15, -0.1) is 22.7 Å². The highest BCUT2D eigenvalue weighted by Crippen LogP contribution is 2.38. The number of carbonyl (C=O) groups excluding carboxylic acids is 1. The summed E-state index contributed by atoms with van der Waals surface area (Å²) >= 11 is 15.4. The average Bonchev–Trinajstić information content (AvgIpc) is 3.32. The minimum Gasteiger partial charge on any atom is -0.329 e. The topological polar surface area (TPSA) is 54.5 Å². The Morgan fingerprint density at radius 1 is 1.26 bits per heavy atom. The molecule has 0 radical (unpaired) electrons. The first-order valence-electron chi connectivity index (χ1n) is 8.25. The third-order valence-corrected chi connectivity index (χ3v) is 9.09. The predicted octanol–water partition coefficient (Wildman–Crippen LogP) is 5.10. The summed E-state index contributed by atoms with van der Waals surface area (Å²) in [7, 11) is -3.11. The summed E-state index contributed by atoms with van der Waals surface area (Å²) in [5.74, 6) is -0.118. The molecule has 3 aromatic rings. The van der Waals surface area contributed by atoms with Crippen LogP contribution in [-0.4, -0.2) is 36.8 Å².